The minimum absolute atomic E-state index is 0.303. The van der Waals surface area contributed by atoms with Crippen LogP contribution in [-0.2, 0) is 19.3 Å². The first-order valence-electron chi connectivity index (χ1n) is 17.2. The lowest BCUT2D eigenvalue weighted by Crippen LogP contribution is -2.26. The maximum absolute atomic E-state index is 4.78. The molecular formula is C39H74N2. The molecule has 0 amide bonds. The average Bonchev–Trinajstić information content (AvgIpc) is 2.97. The van der Waals surface area contributed by atoms with Crippen LogP contribution in [0, 0.1) is 11.3 Å². The maximum Gasteiger partial charge on any atom is 0.123 e. The molecular weight excluding hydrogens is 496 g/mol. The van der Waals surface area contributed by atoms with E-state index in [2.05, 4.69) is 119 Å². The summed E-state index contributed by atoms with van der Waals surface area (Å²) in [4.78, 5) is 4.78. The molecule has 2 nitrogen and oxygen atoms in total. The summed E-state index contributed by atoms with van der Waals surface area (Å²) < 4.78 is 0. The molecule has 1 rings (SSSR count). The molecule has 1 N–H and O–H groups in total. The molecule has 0 heterocycles. The predicted molar refractivity (Wildman–Crippen MR) is 193 cm³/mol. The van der Waals surface area contributed by atoms with E-state index in [-0.39, 0.29) is 0 Å². The number of nitrogens with zero attached hydrogens (tertiary/aromatic N) is 1. The lowest BCUT2D eigenvalue weighted by molar-refractivity contribution is 0.392. The van der Waals surface area contributed by atoms with Gasteiger partial charge in [0, 0.05) is 13.1 Å². The maximum atomic E-state index is 4.78. The van der Waals surface area contributed by atoms with Crippen LogP contribution in [-0.4, -0.2) is 18.9 Å². The minimum atomic E-state index is 0.303. The zero-order valence-corrected chi connectivity index (χ0v) is 30.5. The highest BCUT2D eigenvalue weighted by Gasteiger charge is 2.16. The molecule has 1 atom stereocenters. The van der Waals surface area contributed by atoms with Gasteiger partial charge in [-0.1, -0.05) is 152 Å². The quantitative estimate of drug-likeness (QED) is 0.102. The van der Waals surface area contributed by atoms with Crippen molar-refractivity contribution in [2.45, 2.75) is 161 Å². The van der Waals surface area contributed by atoms with Gasteiger partial charge in [0.05, 0.1) is 0 Å². The Morgan fingerprint density at radius 1 is 0.878 bits per heavy atom. The van der Waals surface area contributed by atoms with Crippen LogP contribution in [0.5, 0.6) is 0 Å². The summed E-state index contributed by atoms with van der Waals surface area (Å²) >= 11 is 0. The number of aryl methyl sites for hydroxylation is 3. The number of likely N-dealkylation sites (N-methyl/N-ethyl adjacent to an activating group) is 1. The topological polar surface area (TPSA) is 24.4 Å². The van der Waals surface area contributed by atoms with Gasteiger partial charge in [0.2, 0.25) is 0 Å². The van der Waals surface area contributed by atoms with Crippen molar-refractivity contribution in [2.75, 3.05) is 13.1 Å². The summed E-state index contributed by atoms with van der Waals surface area (Å²) in [6.07, 6.45) is 14.7. The molecule has 0 aliphatic heterocycles. The van der Waals surface area contributed by atoms with Crippen LogP contribution in [0.15, 0.2) is 47.0 Å². The lowest BCUT2D eigenvalue weighted by Gasteiger charge is -2.23. The summed E-state index contributed by atoms with van der Waals surface area (Å²) in [6, 6.07) is 6.87. The molecule has 0 saturated heterocycles. The number of rotatable bonds is 14. The van der Waals surface area contributed by atoms with Gasteiger partial charge >= 0.3 is 0 Å². The summed E-state index contributed by atoms with van der Waals surface area (Å²) in [5.74, 6) is 1.48. The predicted octanol–water partition coefficient (Wildman–Crippen LogP) is 12.4. The number of benzene rings is 1. The zero-order valence-electron chi connectivity index (χ0n) is 30.5. The van der Waals surface area contributed by atoms with E-state index in [1.165, 1.54) is 59.9 Å². The van der Waals surface area contributed by atoms with Gasteiger partial charge in [-0.2, -0.15) is 0 Å². The highest BCUT2D eigenvalue weighted by atomic mass is 15.0. The van der Waals surface area contributed by atoms with E-state index in [9.17, 15) is 0 Å². The average molecular weight is 571 g/mol. The van der Waals surface area contributed by atoms with Crippen molar-refractivity contribution < 1.29 is 0 Å². The van der Waals surface area contributed by atoms with Crippen molar-refractivity contribution in [1.29, 1.82) is 0 Å². The van der Waals surface area contributed by atoms with E-state index in [4.69, 9.17) is 4.99 Å². The van der Waals surface area contributed by atoms with Crippen molar-refractivity contribution in [2.24, 2.45) is 16.3 Å². The van der Waals surface area contributed by atoms with Gasteiger partial charge in [0.1, 0.15) is 5.84 Å². The molecule has 2 heteroatoms. The Morgan fingerprint density at radius 3 is 1.83 bits per heavy atom. The zero-order chi connectivity index (χ0) is 32.3. The first-order chi connectivity index (χ1) is 19.5. The number of amidine groups is 1. The summed E-state index contributed by atoms with van der Waals surface area (Å²) in [6.45, 7) is 36.5. The molecule has 0 fully saturated rings. The second kappa shape index (κ2) is 28.3. The van der Waals surface area contributed by atoms with Crippen LogP contribution < -0.4 is 5.32 Å². The second-order valence-electron chi connectivity index (χ2n) is 11.9. The van der Waals surface area contributed by atoms with Crippen LogP contribution in [0.3, 0.4) is 0 Å². The van der Waals surface area contributed by atoms with Gasteiger partial charge < -0.3 is 5.32 Å². The molecule has 240 valence electrons. The fraction of sp³-hybridized carbons (Fsp3) is 0.718. The van der Waals surface area contributed by atoms with E-state index in [1.807, 2.05) is 13.8 Å². The molecule has 0 spiro atoms. The molecule has 0 bridgehead atoms. The Bertz CT molecular complexity index is 803. The molecule has 0 saturated carbocycles. The molecule has 0 aliphatic carbocycles. The third kappa shape index (κ3) is 23.4. The van der Waals surface area contributed by atoms with Gasteiger partial charge in [-0.3, -0.25) is 4.99 Å². The third-order valence-corrected chi connectivity index (χ3v) is 7.00. The lowest BCUT2D eigenvalue weighted by atomic mass is 9.84. The van der Waals surface area contributed by atoms with Crippen molar-refractivity contribution in [1.82, 2.24) is 5.32 Å². The number of unbranched alkanes of at least 4 members (excludes halogenated alkanes) is 4. The van der Waals surface area contributed by atoms with Gasteiger partial charge in [-0.25, -0.2) is 0 Å². The van der Waals surface area contributed by atoms with E-state index in [0.29, 0.717) is 11.3 Å². The van der Waals surface area contributed by atoms with Crippen LogP contribution in [0.1, 0.15) is 159 Å². The normalized spacial score (nSPS) is 12.1. The Balaban J connectivity index is -0.000000578. The summed E-state index contributed by atoms with van der Waals surface area (Å²) in [5, 5.41) is 3.38. The first kappa shape index (κ1) is 43.6. The number of allylic oxidation sites excluding steroid dienone is 1. The standard InChI is InChI=1S/C18H34N2.C12H18.C7H16.C2H6/c1-9-16(10-2)17(19-11-3)20-13-15(5)14(4)12-18(6,7)8;1-4-10-7-8-11(5-2)12(6-3)9-10;1-3-5-7-6-4-2;1-2/h9,15H,4,10-13H2,1-3,5-8H3,(H,19,20);7-9H,4-6H2,1-3H3;3-7H2,1-2H3;1-2H3/b16-9-;;;. The SMILES string of the molecule is C=C(CC(C)(C)C)C(C)CN=C(NCC)/C(=C\C)CC.CC.CCCCCCC.CCc1ccc(CC)c(CC)c1. The van der Waals surface area contributed by atoms with Gasteiger partial charge in [0.15, 0.2) is 0 Å². The molecule has 0 aromatic heterocycles. The van der Waals surface area contributed by atoms with Crippen LogP contribution in [0.25, 0.3) is 0 Å². The Labute approximate surface area is 260 Å². The Hall–Kier alpha value is -1.83. The molecule has 0 radical (unpaired) electrons. The fourth-order valence-corrected chi connectivity index (χ4v) is 4.41. The smallest absolute Gasteiger partial charge is 0.123 e. The Kier molecular flexibility index (Phi) is 30.1. The van der Waals surface area contributed by atoms with E-state index < -0.39 is 0 Å². The minimum Gasteiger partial charge on any atom is -0.370 e. The highest BCUT2D eigenvalue weighted by molar-refractivity contribution is 5.98. The molecule has 1 aromatic rings. The summed E-state index contributed by atoms with van der Waals surface area (Å²) in [7, 11) is 0. The van der Waals surface area contributed by atoms with Crippen molar-refractivity contribution in [3.63, 3.8) is 0 Å². The van der Waals surface area contributed by atoms with E-state index in [1.54, 1.807) is 0 Å². The van der Waals surface area contributed by atoms with Crippen molar-refractivity contribution in [3.8, 4) is 0 Å². The molecule has 41 heavy (non-hydrogen) atoms. The fourth-order valence-electron chi connectivity index (χ4n) is 4.41. The largest absolute Gasteiger partial charge is 0.370 e. The summed E-state index contributed by atoms with van der Waals surface area (Å²) in [5.41, 5.74) is 7.39. The van der Waals surface area contributed by atoms with Crippen molar-refractivity contribution >= 4 is 5.84 Å². The number of aliphatic imine (C=N–C) groups is 1. The van der Waals surface area contributed by atoms with Crippen LogP contribution in [0.4, 0.5) is 0 Å². The molecule has 1 unspecified atom stereocenters. The second-order valence-corrected chi connectivity index (χ2v) is 11.9. The first-order valence-corrected chi connectivity index (χ1v) is 17.2. The molecule has 0 aliphatic rings. The number of hydrogen-bond donors (Lipinski definition) is 1. The van der Waals surface area contributed by atoms with Gasteiger partial charge in [-0.05, 0) is 79.5 Å². The van der Waals surface area contributed by atoms with Crippen LogP contribution in [0.2, 0.25) is 0 Å². The van der Waals surface area contributed by atoms with Gasteiger partial charge in [-0.15, -0.1) is 0 Å². The number of nitrogens with one attached hydrogen (secondary N) is 1. The monoisotopic (exact) mass is 571 g/mol. The number of hydrogen-bond acceptors (Lipinski definition) is 1. The van der Waals surface area contributed by atoms with Crippen LogP contribution >= 0.6 is 0 Å². The Morgan fingerprint density at radius 2 is 1.44 bits per heavy atom. The molecule has 1 aromatic carbocycles. The van der Waals surface area contributed by atoms with Crippen molar-refractivity contribution in [3.05, 3.63) is 58.7 Å². The third-order valence-electron chi connectivity index (χ3n) is 7.00. The van der Waals surface area contributed by atoms with E-state index >= 15 is 0 Å². The van der Waals surface area contributed by atoms with Gasteiger partial charge in [0.25, 0.3) is 0 Å². The highest BCUT2D eigenvalue weighted by Crippen LogP contribution is 2.27. The van der Waals surface area contributed by atoms with E-state index in [0.717, 1.165) is 51.0 Å².